The standard InChI is InChI=1S/C18H23N3O4/c1-11(2)8-14(19)18-21-15(10-25-18)17(23)20-9-16(22)12-4-6-13(24-3)7-5-12/h4-7,10-11,14H,8-9,19H2,1-3H3,(H,20,23). The number of ether oxygens (including phenoxy) is 1. The van der Waals surface area contributed by atoms with Gasteiger partial charge in [0.15, 0.2) is 11.5 Å². The van der Waals surface area contributed by atoms with Crippen molar-refractivity contribution in [3.8, 4) is 5.75 Å². The Morgan fingerprint density at radius 2 is 1.96 bits per heavy atom. The summed E-state index contributed by atoms with van der Waals surface area (Å²) in [6.45, 7) is 3.95. The average Bonchev–Trinajstić information content (AvgIpc) is 3.09. The number of carbonyl (C=O) groups excluding carboxylic acids is 2. The molecule has 0 bridgehead atoms. The molecule has 25 heavy (non-hydrogen) atoms. The second-order valence-electron chi connectivity index (χ2n) is 6.14. The first-order valence-corrected chi connectivity index (χ1v) is 8.07. The molecule has 0 aliphatic heterocycles. The summed E-state index contributed by atoms with van der Waals surface area (Å²) in [6.07, 6.45) is 1.96. The number of carbonyl (C=O) groups is 2. The van der Waals surface area contributed by atoms with Gasteiger partial charge < -0.3 is 20.2 Å². The number of hydrogen-bond acceptors (Lipinski definition) is 6. The van der Waals surface area contributed by atoms with Crippen LogP contribution in [0.15, 0.2) is 34.9 Å². The Hall–Kier alpha value is -2.67. The third-order valence-corrected chi connectivity index (χ3v) is 3.62. The van der Waals surface area contributed by atoms with Crippen molar-refractivity contribution in [1.82, 2.24) is 10.3 Å². The number of amides is 1. The summed E-state index contributed by atoms with van der Waals surface area (Å²) in [5.74, 6) is 0.680. The zero-order valence-corrected chi connectivity index (χ0v) is 14.6. The third-order valence-electron chi connectivity index (χ3n) is 3.62. The van der Waals surface area contributed by atoms with Crippen LogP contribution in [-0.4, -0.2) is 30.3 Å². The Bertz CT molecular complexity index is 722. The van der Waals surface area contributed by atoms with Gasteiger partial charge in [0.25, 0.3) is 5.91 Å². The molecule has 1 unspecified atom stereocenters. The fourth-order valence-electron chi connectivity index (χ4n) is 2.30. The molecule has 0 saturated carbocycles. The smallest absolute Gasteiger partial charge is 0.273 e. The largest absolute Gasteiger partial charge is 0.497 e. The van der Waals surface area contributed by atoms with Crippen LogP contribution < -0.4 is 15.8 Å². The predicted molar refractivity (Wildman–Crippen MR) is 92.5 cm³/mol. The van der Waals surface area contributed by atoms with Crippen molar-refractivity contribution in [3.63, 3.8) is 0 Å². The van der Waals surface area contributed by atoms with Gasteiger partial charge in [-0.2, -0.15) is 0 Å². The van der Waals surface area contributed by atoms with Gasteiger partial charge in [-0.05, 0) is 36.6 Å². The number of hydrogen-bond donors (Lipinski definition) is 2. The molecule has 0 radical (unpaired) electrons. The highest BCUT2D eigenvalue weighted by atomic mass is 16.5. The lowest BCUT2D eigenvalue weighted by atomic mass is 10.0. The molecular formula is C18H23N3O4. The minimum Gasteiger partial charge on any atom is -0.497 e. The molecular weight excluding hydrogens is 322 g/mol. The molecule has 7 heteroatoms. The van der Waals surface area contributed by atoms with Gasteiger partial charge >= 0.3 is 0 Å². The maximum atomic E-state index is 12.1. The molecule has 0 aliphatic carbocycles. The normalized spacial score (nSPS) is 12.0. The van der Waals surface area contributed by atoms with Crippen LogP contribution in [0.4, 0.5) is 0 Å². The number of nitrogens with zero attached hydrogens (tertiary/aromatic N) is 1. The third kappa shape index (κ3) is 5.15. The lowest BCUT2D eigenvalue weighted by Gasteiger charge is -2.09. The monoisotopic (exact) mass is 345 g/mol. The topological polar surface area (TPSA) is 107 Å². The summed E-state index contributed by atoms with van der Waals surface area (Å²) in [4.78, 5) is 28.3. The minimum atomic E-state index is -0.478. The number of rotatable bonds is 8. The summed E-state index contributed by atoms with van der Waals surface area (Å²) in [5, 5.41) is 2.54. The minimum absolute atomic E-state index is 0.108. The van der Waals surface area contributed by atoms with Gasteiger partial charge in [-0.25, -0.2) is 4.98 Å². The molecule has 2 aromatic rings. The van der Waals surface area contributed by atoms with E-state index in [1.807, 2.05) is 13.8 Å². The van der Waals surface area contributed by atoms with Crippen molar-refractivity contribution in [3.05, 3.63) is 47.7 Å². The molecule has 1 heterocycles. The van der Waals surface area contributed by atoms with Crippen molar-refractivity contribution in [2.24, 2.45) is 11.7 Å². The maximum Gasteiger partial charge on any atom is 0.273 e. The molecule has 0 aliphatic rings. The summed E-state index contributed by atoms with van der Waals surface area (Å²) < 4.78 is 10.3. The van der Waals surface area contributed by atoms with E-state index in [4.69, 9.17) is 14.9 Å². The van der Waals surface area contributed by atoms with E-state index in [2.05, 4.69) is 10.3 Å². The van der Waals surface area contributed by atoms with Gasteiger partial charge in [-0.15, -0.1) is 0 Å². The summed E-state index contributed by atoms with van der Waals surface area (Å²) in [6, 6.07) is 6.31. The van der Waals surface area contributed by atoms with E-state index in [0.717, 1.165) is 0 Å². The first-order chi connectivity index (χ1) is 11.9. The van der Waals surface area contributed by atoms with E-state index in [-0.39, 0.29) is 24.1 Å². The van der Waals surface area contributed by atoms with Gasteiger partial charge in [0, 0.05) is 5.56 Å². The fraction of sp³-hybridized carbons (Fsp3) is 0.389. The van der Waals surface area contributed by atoms with Crippen LogP contribution in [0.3, 0.4) is 0 Å². The van der Waals surface area contributed by atoms with Crippen LogP contribution >= 0.6 is 0 Å². The molecule has 1 aromatic heterocycles. The molecule has 7 nitrogen and oxygen atoms in total. The van der Waals surface area contributed by atoms with E-state index < -0.39 is 5.91 Å². The molecule has 1 amide bonds. The van der Waals surface area contributed by atoms with Gasteiger partial charge in [0.2, 0.25) is 5.89 Å². The Balaban J connectivity index is 1.91. The highest BCUT2D eigenvalue weighted by molar-refractivity contribution is 6.01. The van der Waals surface area contributed by atoms with Crippen molar-refractivity contribution in [2.75, 3.05) is 13.7 Å². The second kappa shape index (κ2) is 8.43. The van der Waals surface area contributed by atoms with E-state index in [9.17, 15) is 9.59 Å². The Labute approximate surface area is 146 Å². The number of ketones is 1. The Morgan fingerprint density at radius 3 is 2.56 bits per heavy atom. The zero-order chi connectivity index (χ0) is 18.4. The zero-order valence-electron chi connectivity index (χ0n) is 14.6. The lowest BCUT2D eigenvalue weighted by Crippen LogP contribution is -2.29. The highest BCUT2D eigenvalue weighted by Crippen LogP contribution is 2.18. The molecule has 0 spiro atoms. The Kier molecular flexibility index (Phi) is 6.30. The number of Topliss-reactive ketones (excluding diaryl/α,β-unsaturated/α-hetero) is 1. The van der Waals surface area contributed by atoms with Crippen LogP contribution in [-0.2, 0) is 0 Å². The number of oxazole rings is 1. The first-order valence-electron chi connectivity index (χ1n) is 8.07. The lowest BCUT2D eigenvalue weighted by molar-refractivity contribution is 0.0900. The summed E-state index contributed by atoms with van der Waals surface area (Å²) in [7, 11) is 1.55. The number of nitrogens with two attached hydrogens (primary N) is 1. The number of aromatic nitrogens is 1. The molecule has 1 atom stereocenters. The number of benzene rings is 1. The van der Waals surface area contributed by atoms with Crippen molar-refractivity contribution in [2.45, 2.75) is 26.3 Å². The first kappa shape index (κ1) is 18.7. The number of nitrogens with one attached hydrogen (secondary N) is 1. The summed E-state index contributed by atoms with van der Waals surface area (Å²) >= 11 is 0. The predicted octanol–water partition coefficient (Wildman–Crippen LogP) is 2.34. The van der Waals surface area contributed by atoms with Gasteiger partial charge in [0.05, 0.1) is 19.7 Å². The van der Waals surface area contributed by atoms with Crippen LogP contribution in [0.2, 0.25) is 0 Å². The molecule has 0 fully saturated rings. The van der Waals surface area contributed by atoms with Crippen LogP contribution in [0.25, 0.3) is 0 Å². The van der Waals surface area contributed by atoms with Crippen molar-refractivity contribution >= 4 is 11.7 Å². The van der Waals surface area contributed by atoms with E-state index in [0.29, 0.717) is 29.5 Å². The van der Waals surface area contributed by atoms with E-state index >= 15 is 0 Å². The van der Waals surface area contributed by atoms with Crippen LogP contribution in [0, 0.1) is 5.92 Å². The quantitative estimate of drug-likeness (QED) is 0.711. The highest BCUT2D eigenvalue weighted by Gasteiger charge is 2.18. The Morgan fingerprint density at radius 1 is 1.28 bits per heavy atom. The second-order valence-corrected chi connectivity index (χ2v) is 6.14. The molecule has 2 rings (SSSR count). The maximum absolute atomic E-state index is 12.1. The van der Waals surface area contributed by atoms with Gasteiger partial charge in [-0.3, -0.25) is 9.59 Å². The average molecular weight is 345 g/mol. The van der Waals surface area contributed by atoms with E-state index in [1.165, 1.54) is 6.26 Å². The molecule has 134 valence electrons. The fourth-order valence-corrected chi connectivity index (χ4v) is 2.30. The molecule has 1 aromatic carbocycles. The summed E-state index contributed by atoms with van der Waals surface area (Å²) in [5.41, 5.74) is 6.57. The van der Waals surface area contributed by atoms with E-state index in [1.54, 1.807) is 31.4 Å². The number of methoxy groups -OCH3 is 1. The molecule has 0 saturated heterocycles. The van der Waals surface area contributed by atoms with Crippen molar-refractivity contribution < 1.29 is 18.7 Å². The van der Waals surface area contributed by atoms with Crippen LogP contribution in [0.5, 0.6) is 5.75 Å². The molecule has 3 N–H and O–H groups in total. The van der Waals surface area contributed by atoms with Crippen LogP contribution in [0.1, 0.15) is 53.0 Å². The van der Waals surface area contributed by atoms with Crippen molar-refractivity contribution in [1.29, 1.82) is 0 Å². The SMILES string of the molecule is COc1ccc(C(=O)CNC(=O)c2coc(C(N)CC(C)C)n2)cc1. The van der Waals surface area contributed by atoms with Gasteiger partial charge in [0.1, 0.15) is 12.0 Å². The van der Waals surface area contributed by atoms with Gasteiger partial charge in [-0.1, -0.05) is 13.8 Å².